The first-order valence-electron chi connectivity index (χ1n) is 14.7. The third-order valence-corrected chi connectivity index (χ3v) is 9.09. The molecule has 5 rings (SSSR count). The molecule has 0 aliphatic carbocycles. The molecule has 4 heterocycles. The Morgan fingerprint density at radius 2 is 1.84 bits per heavy atom. The number of piperazine rings is 1. The van der Waals surface area contributed by atoms with Crippen LogP contribution in [0.2, 0.25) is 0 Å². The predicted molar refractivity (Wildman–Crippen MR) is 171 cm³/mol. The van der Waals surface area contributed by atoms with Gasteiger partial charge in [-0.25, -0.2) is 18.4 Å². The summed E-state index contributed by atoms with van der Waals surface area (Å²) in [4.78, 5) is 48.2. The van der Waals surface area contributed by atoms with Gasteiger partial charge in [0.2, 0.25) is 5.91 Å². The molecule has 1 aliphatic heterocycles. The maximum atomic E-state index is 15.8. The summed E-state index contributed by atoms with van der Waals surface area (Å²) in [6.45, 7) is 5.41. The number of nitrogens with one attached hydrogen (secondary N) is 2. The van der Waals surface area contributed by atoms with Crippen LogP contribution in [0.25, 0.3) is 11.3 Å². The van der Waals surface area contributed by atoms with Gasteiger partial charge >= 0.3 is 0 Å². The number of hydrogen-bond donors (Lipinski definition) is 2. The van der Waals surface area contributed by atoms with Crippen molar-refractivity contribution in [2.24, 2.45) is 7.05 Å². The van der Waals surface area contributed by atoms with Gasteiger partial charge in [-0.3, -0.25) is 19.3 Å². The highest BCUT2D eigenvalue weighted by atomic mass is 32.1. The normalized spacial score (nSPS) is 15.4. The number of anilines is 3. The summed E-state index contributed by atoms with van der Waals surface area (Å²) in [6.07, 6.45) is 4.06. The first kappa shape index (κ1) is 31.9. The van der Waals surface area contributed by atoms with Crippen molar-refractivity contribution in [3.05, 3.63) is 85.5 Å². The zero-order valence-corrected chi connectivity index (χ0v) is 26.6. The first-order chi connectivity index (χ1) is 21.5. The number of thiophene rings is 1. The molecule has 0 spiro atoms. The quantitative estimate of drug-likeness (QED) is 0.262. The van der Waals surface area contributed by atoms with Crippen molar-refractivity contribution in [2.45, 2.75) is 39.2 Å². The average molecular weight is 636 g/mol. The molecule has 0 radical (unpaired) electrons. The summed E-state index contributed by atoms with van der Waals surface area (Å²) >= 11 is 1.32. The lowest BCUT2D eigenvalue weighted by Crippen LogP contribution is -2.49. The fraction of sp³-hybridized carbons (Fsp3) is 0.344. The van der Waals surface area contributed by atoms with Crippen LogP contribution < -0.4 is 16.2 Å². The lowest BCUT2D eigenvalue weighted by atomic mass is 10.0. The molecule has 2 amide bonds. The number of benzene rings is 1. The van der Waals surface area contributed by atoms with Gasteiger partial charge in [0.15, 0.2) is 5.82 Å². The van der Waals surface area contributed by atoms with Gasteiger partial charge in [0, 0.05) is 43.8 Å². The fourth-order valence-corrected chi connectivity index (χ4v) is 6.56. The lowest BCUT2D eigenvalue weighted by Gasteiger charge is -2.36. The number of amides is 2. The van der Waals surface area contributed by atoms with Gasteiger partial charge in [0.25, 0.3) is 11.5 Å². The van der Waals surface area contributed by atoms with E-state index in [0.717, 1.165) is 47.0 Å². The van der Waals surface area contributed by atoms with Crippen molar-refractivity contribution < 1.29 is 18.4 Å². The maximum absolute atomic E-state index is 15.8. The highest BCUT2D eigenvalue weighted by molar-refractivity contribution is 7.14. The molecule has 0 saturated carbocycles. The molecule has 1 saturated heterocycles. The molecule has 0 unspecified atom stereocenters. The van der Waals surface area contributed by atoms with E-state index in [-0.39, 0.29) is 22.9 Å². The lowest BCUT2D eigenvalue weighted by molar-refractivity contribution is -0.139. The van der Waals surface area contributed by atoms with E-state index in [0.29, 0.717) is 22.8 Å². The van der Waals surface area contributed by atoms with E-state index < -0.39 is 34.8 Å². The Morgan fingerprint density at radius 1 is 1.07 bits per heavy atom. The Morgan fingerprint density at radius 3 is 2.53 bits per heavy atom. The summed E-state index contributed by atoms with van der Waals surface area (Å²) in [7, 11) is 5.05. The summed E-state index contributed by atoms with van der Waals surface area (Å²) < 4.78 is 31.7. The molecule has 236 valence electrons. The molecular formula is C32H35F2N7O3S. The number of aryl methyl sites for hydroxylation is 3. The Balaban J connectivity index is 1.41. The minimum absolute atomic E-state index is 0.0295. The van der Waals surface area contributed by atoms with E-state index in [1.165, 1.54) is 30.5 Å². The number of nitrogens with zero attached hydrogens (tertiary/aromatic N) is 5. The van der Waals surface area contributed by atoms with Gasteiger partial charge in [-0.2, -0.15) is 5.10 Å². The largest absolute Gasteiger partial charge is 0.343 e. The van der Waals surface area contributed by atoms with Crippen LogP contribution in [0.15, 0.2) is 47.4 Å². The second-order valence-corrected chi connectivity index (χ2v) is 12.2. The van der Waals surface area contributed by atoms with Crippen LogP contribution in [0, 0.1) is 11.6 Å². The number of pyridine rings is 1. The summed E-state index contributed by atoms with van der Waals surface area (Å²) in [5, 5.41) is 9.53. The molecule has 1 atom stereocenters. The number of aromatic nitrogens is 3. The van der Waals surface area contributed by atoms with Crippen LogP contribution >= 0.6 is 11.3 Å². The molecule has 1 aliphatic rings. The van der Waals surface area contributed by atoms with Crippen LogP contribution in [-0.4, -0.2) is 63.6 Å². The van der Waals surface area contributed by atoms with Crippen molar-refractivity contribution in [3.8, 4) is 11.3 Å². The fourth-order valence-electron chi connectivity index (χ4n) is 5.31. The number of likely N-dealkylation sites (N-methyl/N-ethyl adjacent to an activating group) is 2. The Hall–Kier alpha value is -4.49. The monoisotopic (exact) mass is 635 g/mol. The summed E-state index contributed by atoms with van der Waals surface area (Å²) in [5.41, 5.74) is 0.633. The van der Waals surface area contributed by atoms with E-state index in [2.05, 4.69) is 27.6 Å². The zero-order chi connectivity index (χ0) is 32.4. The molecule has 1 fully saturated rings. The Bertz CT molecular complexity index is 1810. The first-order valence-corrected chi connectivity index (χ1v) is 15.5. The van der Waals surface area contributed by atoms with E-state index in [4.69, 9.17) is 0 Å². The van der Waals surface area contributed by atoms with Crippen molar-refractivity contribution in [1.82, 2.24) is 24.6 Å². The van der Waals surface area contributed by atoms with Crippen LogP contribution in [-0.2, 0) is 24.7 Å². The second kappa shape index (κ2) is 13.2. The third-order valence-electron chi connectivity index (χ3n) is 7.85. The topological polar surface area (TPSA) is 112 Å². The number of carbonyl (C=O) groups is 2. The van der Waals surface area contributed by atoms with Gasteiger partial charge in [-0.05, 0) is 61.3 Å². The van der Waals surface area contributed by atoms with Crippen LogP contribution in [0.1, 0.15) is 52.0 Å². The van der Waals surface area contributed by atoms with Gasteiger partial charge < -0.3 is 15.5 Å². The van der Waals surface area contributed by atoms with E-state index in [1.54, 1.807) is 36.3 Å². The maximum Gasteiger partial charge on any atom is 0.290 e. The Labute approximate surface area is 263 Å². The molecule has 2 N–H and O–H groups in total. The average Bonchev–Trinajstić information content (AvgIpc) is 3.43. The molecule has 4 aromatic rings. The van der Waals surface area contributed by atoms with E-state index in [1.807, 2.05) is 18.9 Å². The molecule has 0 bridgehead atoms. The van der Waals surface area contributed by atoms with Gasteiger partial charge in [0.05, 0.1) is 10.6 Å². The second-order valence-electron chi connectivity index (χ2n) is 11.0. The predicted octanol–water partition coefficient (Wildman–Crippen LogP) is 5.14. The van der Waals surface area contributed by atoms with Crippen LogP contribution in [0.5, 0.6) is 0 Å². The molecule has 45 heavy (non-hydrogen) atoms. The minimum atomic E-state index is -1.02. The van der Waals surface area contributed by atoms with Gasteiger partial charge in [0.1, 0.15) is 29.1 Å². The summed E-state index contributed by atoms with van der Waals surface area (Å²) in [5.74, 6) is -2.27. The number of hydrogen-bond acceptors (Lipinski definition) is 8. The number of halogens is 2. The van der Waals surface area contributed by atoms with Crippen LogP contribution in [0.4, 0.5) is 26.0 Å². The van der Waals surface area contributed by atoms with Crippen molar-refractivity contribution in [3.63, 3.8) is 0 Å². The van der Waals surface area contributed by atoms with E-state index >= 15 is 4.39 Å². The molecule has 1 aromatic carbocycles. The molecular weight excluding hydrogens is 600 g/mol. The van der Waals surface area contributed by atoms with Crippen molar-refractivity contribution in [2.75, 3.05) is 37.8 Å². The Kier molecular flexibility index (Phi) is 9.40. The van der Waals surface area contributed by atoms with Crippen LogP contribution in [0.3, 0.4) is 0 Å². The minimum Gasteiger partial charge on any atom is -0.343 e. The van der Waals surface area contributed by atoms with E-state index in [9.17, 15) is 18.8 Å². The van der Waals surface area contributed by atoms with Crippen molar-refractivity contribution in [1.29, 1.82) is 0 Å². The van der Waals surface area contributed by atoms with Gasteiger partial charge in [-0.1, -0.05) is 26.3 Å². The van der Waals surface area contributed by atoms with Crippen molar-refractivity contribution >= 4 is 40.3 Å². The smallest absolute Gasteiger partial charge is 0.290 e. The summed E-state index contributed by atoms with van der Waals surface area (Å²) in [6, 6.07) is 8.31. The molecule has 3 aromatic heterocycles. The highest BCUT2D eigenvalue weighted by Gasteiger charge is 2.32. The number of carbonyl (C=O) groups excluding carboxylic acids is 2. The highest BCUT2D eigenvalue weighted by Crippen LogP contribution is 2.32. The standard InChI is InChI=1S/C32H35F2N7O3S/c1-6-8-24-18(7-2)15-25(45-24)30(42)37-28-21(33)11-10-20(27(28)34)22-16-23(31(43)41(5)38-22)36-26-12-9-19(17-35-26)29-32(44)40(4)14-13-39(29)3/h9-12,15-17,29H,6-8,13-14H2,1-5H3,(H,35,36)(H,37,42)/t29-/m0/s1. The molecule has 13 heteroatoms. The third kappa shape index (κ3) is 6.50. The van der Waals surface area contributed by atoms with Gasteiger partial charge in [-0.15, -0.1) is 11.3 Å². The SMILES string of the molecule is CCCc1sc(C(=O)Nc2c(F)ccc(-c3cc(Nc4ccc([C@H]5C(=O)N(C)CCN5C)cn4)c(=O)n(C)n3)c2F)cc1CC. The number of rotatable bonds is 9. The zero-order valence-electron chi connectivity index (χ0n) is 25.8. The molecule has 10 nitrogen and oxygen atoms in total.